The quantitative estimate of drug-likeness (QED) is 0.518. The van der Waals surface area contributed by atoms with Crippen molar-refractivity contribution in [2.75, 3.05) is 19.5 Å². The maximum atomic E-state index is 12.7. The van der Waals surface area contributed by atoms with Crippen molar-refractivity contribution in [2.45, 2.75) is 36.8 Å². The predicted molar refractivity (Wildman–Crippen MR) is 104 cm³/mol. The number of Topliss-reactive ketones (excluding diaryl/α,β-unsaturated/α-hetero) is 1. The fourth-order valence-corrected chi connectivity index (χ4v) is 4.07. The third kappa shape index (κ3) is 2.96. The van der Waals surface area contributed by atoms with Crippen molar-refractivity contribution in [3.8, 4) is 11.5 Å². The van der Waals surface area contributed by atoms with Gasteiger partial charge < -0.3 is 33.9 Å². The van der Waals surface area contributed by atoms with Crippen LogP contribution in [0, 0.1) is 0 Å². The van der Waals surface area contributed by atoms with Crippen molar-refractivity contribution in [1.82, 2.24) is 0 Å². The highest BCUT2D eigenvalue weighted by molar-refractivity contribution is 6.43. The van der Waals surface area contributed by atoms with Gasteiger partial charge in [-0.3, -0.25) is 9.59 Å². The molecule has 2 fully saturated rings. The maximum absolute atomic E-state index is 12.7. The number of aliphatic hydroxyl groups is 1. The highest BCUT2D eigenvalue weighted by Crippen LogP contribution is 2.46. The lowest BCUT2D eigenvalue weighted by Gasteiger charge is -2.38. The van der Waals surface area contributed by atoms with Crippen LogP contribution in [0.1, 0.15) is 12.8 Å². The van der Waals surface area contributed by atoms with Crippen molar-refractivity contribution in [3.05, 3.63) is 28.6 Å². The van der Waals surface area contributed by atoms with Crippen LogP contribution in [0.5, 0.6) is 11.5 Å². The van der Waals surface area contributed by atoms with Crippen molar-refractivity contribution in [1.29, 1.82) is 0 Å². The minimum atomic E-state index is -1.54. The molecule has 1 aromatic heterocycles. The molecule has 11 heteroatoms. The minimum Gasteiger partial charge on any atom is -0.493 e. The van der Waals surface area contributed by atoms with Crippen LogP contribution < -0.4 is 20.4 Å². The summed E-state index contributed by atoms with van der Waals surface area (Å²) in [7, 11) is 2.87. The SMILES string of the molecule is COc1ccc2cc(NC(=O)C3=NO[C@H]4CC(=O)[C@@H]5O[C@@H]5[C@@]4(O)C3)c(=O)oc2c1OC. The summed E-state index contributed by atoms with van der Waals surface area (Å²) in [6.07, 6.45) is -2.51. The Morgan fingerprint density at radius 2 is 2.10 bits per heavy atom. The van der Waals surface area contributed by atoms with E-state index in [1.165, 1.54) is 20.3 Å². The van der Waals surface area contributed by atoms with Crippen molar-refractivity contribution >= 4 is 34.1 Å². The van der Waals surface area contributed by atoms with Crippen LogP contribution in [0.25, 0.3) is 11.0 Å². The summed E-state index contributed by atoms with van der Waals surface area (Å²) in [5.74, 6) is -0.270. The third-order valence-electron chi connectivity index (χ3n) is 5.74. The molecule has 5 rings (SSSR count). The van der Waals surface area contributed by atoms with Gasteiger partial charge in [0.25, 0.3) is 5.91 Å². The van der Waals surface area contributed by atoms with E-state index in [1.54, 1.807) is 12.1 Å². The number of nitrogens with one attached hydrogen (secondary N) is 1. The molecule has 0 unspecified atom stereocenters. The van der Waals surface area contributed by atoms with Gasteiger partial charge in [0.2, 0.25) is 5.75 Å². The molecule has 1 saturated heterocycles. The molecule has 11 nitrogen and oxygen atoms in total. The second kappa shape index (κ2) is 6.79. The molecule has 2 aromatic rings. The molecule has 2 N–H and O–H groups in total. The largest absolute Gasteiger partial charge is 0.493 e. The lowest BCUT2D eigenvalue weighted by molar-refractivity contribution is -0.150. The van der Waals surface area contributed by atoms with E-state index < -0.39 is 35.4 Å². The fourth-order valence-electron chi connectivity index (χ4n) is 4.07. The van der Waals surface area contributed by atoms with Crippen molar-refractivity contribution in [2.24, 2.45) is 5.16 Å². The Labute approximate surface area is 174 Å². The predicted octanol–water partition coefficient (Wildman–Crippen LogP) is 0.365. The molecule has 0 spiro atoms. The number of benzene rings is 1. The summed E-state index contributed by atoms with van der Waals surface area (Å²) in [6.45, 7) is 0. The summed E-state index contributed by atoms with van der Waals surface area (Å²) in [6, 6.07) is 4.72. The van der Waals surface area contributed by atoms with E-state index in [2.05, 4.69) is 10.5 Å². The number of carbonyl (C=O) groups excluding carboxylic acids is 2. The molecule has 0 bridgehead atoms. The van der Waals surface area contributed by atoms with Gasteiger partial charge in [-0.1, -0.05) is 5.16 Å². The zero-order chi connectivity index (χ0) is 21.9. The molecular weight excluding hydrogens is 412 g/mol. The molecule has 2 aliphatic heterocycles. The highest BCUT2D eigenvalue weighted by atomic mass is 16.7. The Hall–Kier alpha value is -3.44. The number of carbonyl (C=O) groups is 2. The van der Waals surface area contributed by atoms with Gasteiger partial charge in [-0.2, -0.15) is 0 Å². The van der Waals surface area contributed by atoms with Crippen LogP contribution in [0.3, 0.4) is 0 Å². The number of nitrogens with zero attached hydrogens (tertiary/aromatic N) is 1. The Balaban J connectivity index is 1.41. The van der Waals surface area contributed by atoms with Crippen molar-refractivity contribution in [3.63, 3.8) is 0 Å². The van der Waals surface area contributed by atoms with Gasteiger partial charge in [0, 0.05) is 11.8 Å². The van der Waals surface area contributed by atoms with Crippen LogP contribution >= 0.6 is 0 Å². The number of epoxide rings is 1. The molecule has 1 aromatic carbocycles. The number of ether oxygens (including phenoxy) is 3. The van der Waals surface area contributed by atoms with Crippen LogP contribution in [0.15, 0.2) is 32.6 Å². The molecule has 1 saturated carbocycles. The second-order valence-corrected chi connectivity index (χ2v) is 7.57. The third-order valence-corrected chi connectivity index (χ3v) is 5.74. The van der Waals surface area contributed by atoms with Crippen LogP contribution in [0.4, 0.5) is 5.69 Å². The van der Waals surface area contributed by atoms with Gasteiger partial charge in [-0.25, -0.2) is 4.79 Å². The normalized spacial score (nSPS) is 28.7. The summed E-state index contributed by atoms with van der Waals surface area (Å²) >= 11 is 0. The Bertz CT molecular complexity index is 1200. The number of hydrogen-bond acceptors (Lipinski definition) is 10. The summed E-state index contributed by atoms with van der Waals surface area (Å²) in [5, 5.41) is 17.6. The monoisotopic (exact) mass is 430 g/mol. The fraction of sp³-hybridized carbons (Fsp3) is 0.400. The Morgan fingerprint density at radius 3 is 2.84 bits per heavy atom. The zero-order valence-electron chi connectivity index (χ0n) is 16.5. The van der Waals surface area contributed by atoms with E-state index in [4.69, 9.17) is 23.5 Å². The first kappa shape index (κ1) is 19.5. The first-order chi connectivity index (χ1) is 14.9. The van der Waals surface area contributed by atoms with Crippen molar-refractivity contribution < 1.29 is 38.2 Å². The molecule has 0 radical (unpaired) electrons. The smallest absolute Gasteiger partial charge is 0.360 e. The second-order valence-electron chi connectivity index (χ2n) is 7.57. The molecule has 3 aliphatic rings. The summed E-state index contributed by atoms with van der Waals surface area (Å²) < 4.78 is 21.0. The van der Waals surface area contributed by atoms with Gasteiger partial charge in [0.15, 0.2) is 23.2 Å². The van der Waals surface area contributed by atoms with Gasteiger partial charge in [0.05, 0.1) is 20.6 Å². The van der Waals surface area contributed by atoms with Crippen LogP contribution in [0.2, 0.25) is 0 Å². The minimum absolute atomic E-state index is 0.0460. The molecule has 162 valence electrons. The highest BCUT2D eigenvalue weighted by Gasteiger charge is 2.67. The molecule has 1 aliphatic carbocycles. The molecular formula is C20H18N2O9. The zero-order valence-corrected chi connectivity index (χ0v) is 16.5. The molecule has 3 heterocycles. The number of oxime groups is 1. The number of amides is 1. The topological polar surface area (TPSA) is 149 Å². The molecule has 31 heavy (non-hydrogen) atoms. The van der Waals surface area contributed by atoms with E-state index in [1.807, 2.05) is 0 Å². The number of ketones is 1. The van der Waals surface area contributed by atoms with Crippen LogP contribution in [-0.2, 0) is 19.2 Å². The van der Waals surface area contributed by atoms with E-state index >= 15 is 0 Å². The number of hydrogen-bond donors (Lipinski definition) is 2. The van der Waals surface area contributed by atoms with Gasteiger partial charge >= 0.3 is 5.63 Å². The van der Waals surface area contributed by atoms with Gasteiger partial charge in [-0.15, -0.1) is 0 Å². The molecule has 1 amide bonds. The number of fused-ring (bicyclic) bond motifs is 4. The van der Waals surface area contributed by atoms with Gasteiger partial charge in [0.1, 0.15) is 29.2 Å². The van der Waals surface area contributed by atoms with E-state index in [-0.39, 0.29) is 41.4 Å². The molecule has 4 atom stereocenters. The van der Waals surface area contributed by atoms with Crippen LogP contribution in [-0.4, -0.2) is 60.6 Å². The van der Waals surface area contributed by atoms with E-state index in [0.717, 1.165) is 0 Å². The summed E-state index contributed by atoms with van der Waals surface area (Å²) in [5.41, 5.74) is -2.43. The first-order valence-corrected chi connectivity index (χ1v) is 9.49. The first-order valence-electron chi connectivity index (χ1n) is 9.49. The lowest BCUT2D eigenvalue weighted by Crippen LogP contribution is -2.58. The maximum Gasteiger partial charge on any atom is 0.360 e. The lowest BCUT2D eigenvalue weighted by atomic mass is 9.77. The average Bonchev–Trinajstić information content (AvgIpc) is 3.57. The number of anilines is 1. The van der Waals surface area contributed by atoms with Gasteiger partial charge in [-0.05, 0) is 18.2 Å². The Morgan fingerprint density at radius 1 is 1.29 bits per heavy atom. The standard InChI is InChI=1S/C20H18N2O9/c1-27-12-4-3-8-5-9(19(25)30-14(8)16(12)28-2)21-18(24)10-7-20(26)13(31-22-10)6-11(23)15-17(20)29-15/h3-5,13,15,17,26H,6-7H2,1-2H3,(H,21,24)/t13-,15-,17-,20+/m0/s1. The van der Waals surface area contributed by atoms with E-state index in [0.29, 0.717) is 11.1 Å². The number of methoxy groups -OCH3 is 2. The average molecular weight is 430 g/mol. The number of rotatable bonds is 4. The summed E-state index contributed by atoms with van der Waals surface area (Å²) in [4.78, 5) is 42.2. The Kier molecular flexibility index (Phi) is 4.27. The van der Waals surface area contributed by atoms with E-state index in [9.17, 15) is 19.5 Å².